The Kier molecular flexibility index (Phi) is 8.77. The third-order valence-electron chi connectivity index (χ3n) is 4.45. The molecule has 0 heterocycles. The number of anilines is 2. The molecule has 0 aliphatic heterocycles. The number of carbonyl (C=O) groups excluding carboxylic acids is 3. The third-order valence-corrected chi connectivity index (χ3v) is 5.52. The quantitative estimate of drug-likeness (QED) is 0.349. The molecule has 2 N–H and O–H groups in total. The van der Waals surface area contributed by atoms with Crippen molar-refractivity contribution in [2.45, 2.75) is 11.3 Å². The number of hydrogen-bond donors (Lipinski definition) is 2. The van der Waals surface area contributed by atoms with Crippen molar-refractivity contribution in [1.29, 1.82) is 5.26 Å². The normalized spacial score (nSPS) is 10.1. The fourth-order valence-corrected chi connectivity index (χ4v) is 3.68. The van der Waals surface area contributed by atoms with E-state index in [0.29, 0.717) is 16.3 Å². The zero-order valence-corrected chi connectivity index (χ0v) is 18.7. The van der Waals surface area contributed by atoms with Gasteiger partial charge in [-0.05, 0) is 54.1 Å². The molecule has 0 bridgehead atoms. The second-order valence-electron chi connectivity index (χ2n) is 7.00. The number of ether oxygens (including phenoxy) is 1. The number of thioether (sulfide) groups is 1. The smallest absolute Gasteiger partial charge is 0.339 e. The number of benzene rings is 3. The van der Waals surface area contributed by atoms with E-state index in [2.05, 4.69) is 10.6 Å². The number of carbonyl (C=O) groups is 3. The number of nitriles is 1. The molecule has 3 aromatic carbocycles. The number of hydrogen-bond acceptors (Lipinski definition) is 6. The van der Waals surface area contributed by atoms with Crippen LogP contribution < -0.4 is 10.6 Å². The van der Waals surface area contributed by atoms with E-state index in [1.54, 1.807) is 48.5 Å². The summed E-state index contributed by atoms with van der Waals surface area (Å²) in [6, 6.07) is 20.8. The Morgan fingerprint density at radius 2 is 1.50 bits per heavy atom. The highest BCUT2D eigenvalue weighted by molar-refractivity contribution is 8.00. The second kappa shape index (κ2) is 12.2. The molecule has 0 fully saturated rings. The minimum Gasteiger partial charge on any atom is -0.452 e. The fraction of sp³-hybridized carbons (Fsp3) is 0.120. The van der Waals surface area contributed by atoms with Crippen LogP contribution in [0.1, 0.15) is 15.9 Å². The Morgan fingerprint density at radius 3 is 2.18 bits per heavy atom. The summed E-state index contributed by atoms with van der Waals surface area (Å²) in [5, 5.41) is 14.0. The summed E-state index contributed by atoms with van der Waals surface area (Å²) in [7, 11) is 0. The number of amides is 2. The molecule has 2 amide bonds. The summed E-state index contributed by atoms with van der Waals surface area (Å²) < 4.78 is 18.1. The molecule has 0 spiro atoms. The van der Waals surface area contributed by atoms with E-state index in [1.807, 2.05) is 6.07 Å². The van der Waals surface area contributed by atoms with Gasteiger partial charge in [-0.2, -0.15) is 5.26 Å². The Balaban J connectivity index is 1.51. The van der Waals surface area contributed by atoms with Crippen molar-refractivity contribution in [1.82, 2.24) is 0 Å². The van der Waals surface area contributed by atoms with Crippen LogP contribution in [0.15, 0.2) is 77.7 Å². The van der Waals surface area contributed by atoms with Gasteiger partial charge in [0.2, 0.25) is 5.91 Å². The van der Waals surface area contributed by atoms with Gasteiger partial charge in [0.15, 0.2) is 6.61 Å². The molecule has 0 aliphatic rings. The predicted octanol–water partition coefficient (Wildman–Crippen LogP) is 4.42. The Labute approximate surface area is 199 Å². The first kappa shape index (κ1) is 24.5. The summed E-state index contributed by atoms with van der Waals surface area (Å²) >= 11 is 1.14. The fourth-order valence-electron chi connectivity index (χ4n) is 2.84. The maximum absolute atomic E-state index is 13.0. The predicted molar refractivity (Wildman–Crippen MR) is 127 cm³/mol. The van der Waals surface area contributed by atoms with E-state index < -0.39 is 24.3 Å². The van der Waals surface area contributed by atoms with Gasteiger partial charge in [-0.25, -0.2) is 9.18 Å². The molecule has 0 aromatic heterocycles. The monoisotopic (exact) mass is 477 g/mol. The third kappa shape index (κ3) is 7.46. The lowest BCUT2D eigenvalue weighted by Crippen LogP contribution is -2.21. The van der Waals surface area contributed by atoms with Gasteiger partial charge in [-0.3, -0.25) is 9.59 Å². The van der Waals surface area contributed by atoms with Crippen molar-refractivity contribution < 1.29 is 23.5 Å². The molecule has 34 heavy (non-hydrogen) atoms. The van der Waals surface area contributed by atoms with Crippen molar-refractivity contribution in [2.75, 3.05) is 23.0 Å². The minimum atomic E-state index is -0.693. The number of halogens is 1. The number of nitrogens with zero attached hydrogens (tertiary/aromatic N) is 1. The van der Waals surface area contributed by atoms with Crippen molar-refractivity contribution >= 4 is 40.9 Å². The van der Waals surface area contributed by atoms with Gasteiger partial charge in [-0.15, -0.1) is 11.8 Å². The average Bonchev–Trinajstić information content (AvgIpc) is 2.84. The zero-order chi connectivity index (χ0) is 24.3. The molecule has 0 aliphatic carbocycles. The number of rotatable bonds is 9. The topological polar surface area (TPSA) is 108 Å². The first-order valence-corrected chi connectivity index (χ1v) is 11.1. The van der Waals surface area contributed by atoms with Crippen LogP contribution in [-0.4, -0.2) is 30.1 Å². The van der Waals surface area contributed by atoms with Crippen LogP contribution in [0, 0.1) is 17.1 Å². The standard InChI is InChI=1S/C25H20FN3O4S/c26-18-7-11-20(12-8-18)29-24(31)16-34-22-4-2-1-3-21(22)25(32)33-15-23(30)28-19-9-5-17(6-10-19)13-14-27/h1-12H,13,15-16H2,(H,28,30)(H,29,31). The van der Waals surface area contributed by atoms with Gasteiger partial charge in [0.25, 0.3) is 5.91 Å². The molecule has 172 valence electrons. The van der Waals surface area contributed by atoms with Gasteiger partial charge in [-0.1, -0.05) is 24.3 Å². The van der Waals surface area contributed by atoms with Gasteiger partial charge in [0, 0.05) is 16.3 Å². The summed E-state index contributed by atoms with van der Waals surface area (Å²) in [6.07, 6.45) is 0.275. The summed E-state index contributed by atoms with van der Waals surface area (Å²) in [5.74, 6) is -1.90. The van der Waals surface area contributed by atoms with Gasteiger partial charge in [0.05, 0.1) is 23.8 Å². The van der Waals surface area contributed by atoms with Gasteiger partial charge < -0.3 is 15.4 Å². The zero-order valence-electron chi connectivity index (χ0n) is 17.9. The maximum atomic E-state index is 13.0. The van der Waals surface area contributed by atoms with Crippen LogP contribution in [0.3, 0.4) is 0 Å². The highest BCUT2D eigenvalue weighted by Gasteiger charge is 2.16. The summed E-state index contributed by atoms with van der Waals surface area (Å²) in [4.78, 5) is 37.4. The first-order chi connectivity index (χ1) is 16.4. The van der Waals surface area contributed by atoms with Crippen LogP contribution in [0.5, 0.6) is 0 Å². The lowest BCUT2D eigenvalue weighted by molar-refractivity contribution is -0.119. The minimum absolute atomic E-state index is 0.0178. The molecule has 3 aromatic rings. The Bertz CT molecular complexity index is 1210. The Hall–Kier alpha value is -4.16. The molecule has 0 saturated heterocycles. The number of nitrogens with one attached hydrogen (secondary N) is 2. The van der Waals surface area contributed by atoms with E-state index in [9.17, 15) is 18.8 Å². The van der Waals surface area contributed by atoms with E-state index in [1.165, 1.54) is 24.3 Å². The molecule has 0 unspecified atom stereocenters. The molecule has 3 rings (SSSR count). The van der Waals surface area contributed by atoms with Gasteiger partial charge >= 0.3 is 5.97 Å². The highest BCUT2D eigenvalue weighted by atomic mass is 32.2. The van der Waals surface area contributed by atoms with Crippen molar-refractivity contribution in [3.8, 4) is 6.07 Å². The van der Waals surface area contributed by atoms with E-state index >= 15 is 0 Å². The van der Waals surface area contributed by atoms with Gasteiger partial charge in [0.1, 0.15) is 5.82 Å². The molecular weight excluding hydrogens is 457 g/mol. The summed E-state index contributed by atoms with van der Waals surface area (Å²) in [6.45, 7) is -0.483. The van der Waals surface area contributed by atoms with Crippen LogP contribution in [-0.2, 0) is 20.7 Å². The Morgan fingerprint density at radius 1 is 0.882 bits per heavy atom. The van der Waals surface area contributed by atoms with Crippen LogP contribution >= 0.6 is 11.8 Å². The lowest BCUT2D eigenvalue weighted by Gasteiger charge is -2.10. The SMILES string of the molecule is N#CCc1ccc(NC(=O)COC(=O)c2ccccc2SCC(=O)Nc2ccc(F)cc2)cc1. The van der Waals surface area contributed by atoms with E-state index in [4.69, 9.17) is 10.00 Å². The van der Waals surface area contributed by atoms with Crippen LogP contribution in [0.2, 0.25) is 0 Å². The molecule has 0 atom stereocenters. The van der Waals surface area contributed by atoms with E-state index in [-0.39, 0.29) is 23.6 Å². The van der Waals surface area contributed by atoms with E-state index in [0.717, 1.165) is 17.3 Å². The summed E-state index contributed by atoms with van der Waals surface area (Å²) in [5.41, 5.74) is 2.04. The maximum Gasteiger partial charge on any atom is 0.339 e. The highest BCUT2D eigenvalue weighted by Crippen LogP contribution is 2.24. The molecule has 9 heteroatoms. The van der Waals surface area contributed by atoms with Crippen molar-refractivity contribution in [3.05, 3.63) is 89.7 Å². The largest absolute Gasteiger partial charge is 0.452 e. The van der Waals surface area contributed by atoms with Crippen LogP contribution in [0.25, 0.3) is 0 Å². The average molecular weight is 478 g/mol. The van der Waals surface area contributed by atoms with Crippen molar-refractivity contribution in [2.24, 2.45) is 0 Å². The lowest BCUT2D eigenvalue weighted by atomic mass is 10.1. The number of esters is 1. The molecule has 7 nitrogen and oxygen atoms in total. The van der Waals surface area contributed by atoms with Crippen molar-refractivity contribution in [3.63, 3.8) is 0 Å². The molecule has 0 saturated carbocycles. The second-order valence-corrected chi connectivity index (χ2v) is 8.01. The first-order valence-electron chi connectivity index (χ1n) is 10.1. The molecular formula is C25H20FN3O4S. The molecule has 0 radical (unpaired) electrons. The van der Waals surface area contributed by atoms with Crippen LogP contribution in [0.4, 0.5) is 15.8 Å².